The molecule has 0 spiro atoms. The zero-order chi connectivity index (χ0) is 7.47. The zero-order valence-electron chi connectivity index (χ0n) is 7.47. The van der Waals surface area contributed by atoms with Gasteiger partial charge < -0.3 is 0 Å². The van der Waals surface area contributed by atoms with Gasteiger partial charge in [-0.15, -0.1) is 0 Å². The fraction of sp³-hybridized carbons (Fsp3) is 1.00. The van der Waals surface area contributed by atoms with Crippen molar-refractivity contribution in [2.45, 2.75) is 45.4 Å². The Morgan fingerprint density at radius 1 is 1.09 bits per heavy atom. The zero-order valence-corrected chi connectivity index (χ0v) is 7.47. The topological polar surface area (TPSA) is 0 Å². The van der Waals surface area contributed by atoms with E-state index in [-0.39, 0.29) is 0 Å². The van der Waals surface area contributed by atoms with Crippen LogP contribution in [0.5, 0.6) is 0 Å². The van der Waals surface area contributed by atoms with Crippen LogP contribution in [0.4, 0.5) is 0 Å². The van der Waals surface area contributed by atoms with Gasteiger partial charge in [-0.25, -0.2) is 0 Å². The first-order valence-corrected chi connectivity index (χ1v) is 5.28. The molecular formula is C11H18. The maximum atomic E-state index is 2.55. The Hall–Kier alpha value is 0. The van der Waals surface area contributed by atoms with Crippen molar-refractivity contribution >= 4 is 0 Å². The number of hydrogen-bond acceptors (Lipinski definition) is 0. The van der Waals surface area contributed by atoms with Crippen molar-refractivity contribution in [1.29, 1.82) is 0 Å². The van der Waals surface area contributed by atoms with E-state index in [1.54, 1.807) is 38.5 Å². The van der Waals surface area contributed by atoms with Crippen molar-refractivity contribution in [3.63, 3.8) is 0 Å². The van der Waals surface area contributed by atoms with Gasteiger partial charge in [0.1, 0.15) is 0 Å². The molecule has 5 aliphatic rings. The molecule has 0 N–H and O–H groups in total. The molecule has 0 saturated heterocycles. The molecule has 5 fully saturated rings. The first kappa shape index (κ1) is 6.51. The minimum Gasteiger partial charge on any atom is -0.0594 e. The van der Waals surface area contributed by atoms with E-state index in [9.17, 15) is 0 Å². The molecule has 5 rings (SSSR count). The van der Waals surface area contributed by atoms with Crippen LogP contribution in [-0.4, -0.2) is 0 Å². The number of hydrogen-bond donors (Lipinski definition) is 0. The summed E-state index contributed by atoms with van der Waals surface area (Å²) in [5, 5.41) is 0. The van der Waals surface area contributed by atoms with Crippen LogP contribution in [-0.2, 0) is 0 Å². The van der Waals surface area contributed by atoms with E-state index in [0.29, 0.717) is 0 Å². The van der Waals surface area contributed by atoms with Crippen LogP contribution < -0.4 is 0 Å². The van der Waals surface area contributed by atoms with Gasteiger partial charge in [-0.05, 0) is 61.7 Å². The molecule has 0 aromatic carbocycles. The Labute approximate surface area is 69.4 Å². The highest BCUT2D eigenvalue weighted by molar-refractivity contribution is 5.02. The molecule has 0 aromatic rings. The Kier molecular flexibility index (Phi) is 1.09. The van der Waals surface area contributed by atoms with E-state index in [1.165, 1.54) is 0 Å². The Morgan fingerprint density at radius 3 is 2.55 bits per heavy atom. The third-order valence-corrected chi connectivity index (χ3v) is 4.94. The summed E-state index contributed by atoms with van der Waals surface area (Å²) < 4.78 is 0. The lowest BCUT2D eigenvalue weighted by Gasteiger charge is -2.59. The van der Waals surface area contributed by atoms with Crippen LogP contribution in [0.15, 0.2) is 0 Å². The highest BCUT2D eigenvalue weighted by Gasteiger charge is 2.51. The van der Waals surface area contributed by atoms with Gasteiger partial charge in [0.15, 0.2) is 0 Å². The number of fused-ring (bicyclic) bond motifs is 2. The fourth-order valence-electron chi connectivity index (χ4n) is 4.17. The van der Waals surface area contributed by atoms with Crippen molar-refractivity contribution in [3.05, 3.63) is 0 Å². The fourth-order valence-corrected chi connectivity index (χ4v) is 4.17. The summed E-state index contributed by atoms with van der Waals surface area (Å²) >= 11 is 0. The molecule has 5 aliphatic carbocycles. The number of rotatable bonds is 0. The van der Waals surface area contributed by atoms with Crippen LogP contribution in [0.3, 0.4) is 0 Å². The van der Waals surface area contributed by atoms with E-state index < -0.39 is 0 Å². The van der Waals surface area contributed by atoms with Crippen LogP contribution in [0.2, 0.25) is 0 Å². The minimum atomic E-state index is 0.803. The Bertz CT molecular complexity index is 184. The summed E-state index contributed by atoms with van der Waals surface area (Å²) in [6.45, 7) is 2.55. The van der Waals surface area contributed by atoms with Gasteiger partial charge >= 0.3 is 0 Å². The van der Waals surface area contributed by atoms with Crippen LogP contribution in [0.25, 0.3) is 0 Å². The minimum absolute atomic E-state index is 0.803. The third-order valence-electron chi connectivity index (χ3n) is 4.94. The normalized spacial score (nSPS) is 60.3. The summed E-state index contributed by atoms with van der Waals surface area (Å²) in [5.74, 6) is 3.44. The second-order valence-corrected chi connectivity index (χ2v) is 5.43. The van der Waals surface area contributed by atoms with Crippen molar-refractivity contribution in [2.75, 3.05) is 0 Å². The first-order chi connectivity index (χ1) is 5.28. The summed E-state index contributed by atoms with van der Waals surface area (Å²) in [5.41, 5.74) is 0.803. The molecule has 0 aromatic heterocycles. The summed E-state index contributed by atoms with van der Waals surface area (Å²) in [6.07, 6.45) is 9.45. The van der Waals surface area contributed by atoms with Gasteiger partial charge in [0.05, 0.1) is 0 Å². The second kappa shape index (κ2) is 1.84. The average Bonchev–Trinajstić information content (AvgIpc) is 2.03. The molecule has 0 heterocycles. The molecule has 62 valence electrons. The molecule has 0 nitrogen and oxygen atoms in total. The Morgan fingerprint density at radius 2 is 2.00 bits per heavy atom. The van der Waals surface area contributed by atoms with Crippen molar-refractivity contribution < 1.29 is 0 Å². The van der Waals surface area contributed by atoms with Crippen molar-refractivity contribution in [3.8, 4) is 0 Å². The largest absolute Gasteiger partial charge is 0.0594 e. The monoisotopic (exact) mass is 150 g/mol. The summed E-state index contributed by atoms with van der Waals surface area (Å²) in [6, 6.07) is 0. The quantitative estimate of drug-likeness (QED) is 0.497. The lowest BCUT2D eigenvalue weighted by molar-refractivity contribution is -0.0824. The molecule has 5 saturated carbocycles. The molecule has 0 amide bonds. The molecule has 0 radical (unpaired) electrons. The molecule has 0 heteroatoms. The van der Waals surface area contributed by atoms with E-state index >= 15 is 0 Å². The predicted molar refractivity (Wildman–Crippen MR) is 46.3 cm³/mol. The van der Waals surface area contributed by atoms with Crippen LogP contribution in [0, 0.1) is 23.2 Å². The van der Waals surface area contributed by atoms with Gasteiger partial charge in [0.25, 0.3) is 0 Å². The molecule has 0 aliphatic heterocycles. The lowest BCUT2D eigenvalue weighted by atomic mass is 9.47. The maximum absolute atomic E-state index is 2.55. The van der Waals surface area contributed by atoms with Gasteiger partial charge in [-0.1, -0.05) is 6.92 Å². The summed E-state index contributed by atoms with van der Waals surface area (Å²) in [4.78, 5) is 0. The van der Waals surface area contributed by atoms with E-state index in [0.717, 1.165) is 23.2 Å². The van der Waals surface area contributed by atoms with Gasteiger partial charge in [-0.3, -0.25) is 0 Å². The van der Waals surface area contributed by atoms with Crippen molar-refractivity contribution in [2.24, 2.45) is 23.2 Å². The van der Waals surface area contributed by atoms with E-state index in [2.05, 4.69) is 6.92 Å². The lowest BCUT2D eigenvalue weighted by Crippen LogP contribution is -2.48. The van der Waals surface area contributed by atoms with E-state index in [4.69, 9.17) is 0 Å². The van der Waals surface area contributed by atoms with Crippen molar-refractivity contribution in [1.82, 2.24) is 0 Å². The predicted octanol–water partition coefficient (Wildman–Crippen LogP) is 3.22. The Balaban J connectivity index is 1.99. The highest BCUT2D eigenvalue weighted by atomic mass is 14.6. The maximum Gasteiger partial charge on any atom is -0.0295 e. The first-order valence-electron chi connectivity index (χ1n) is 5.28. The summed E-state index contributed by atoms with van der Waals surface area (Å²) in [7, 11) is 0. The SMILES string of the molecule is C[C@@]12CC[C@H]3C[C@@H]1CC[C@H]3C2. The highest BCUT2D eigenvalue weighted by Crippen LogP contribution is 2.62. The molecule has 4 bridgehead atoms. The smallest absolute Gasteiger partial charge is 0.0295 e. The molecule has 4 atom stereocenters. The van der Waals surface area contributed by atoms with Gasteiger partial charge in [0.2, 0.25) is 0 Å². The third kappa shape index (κ3) is 0.711. The molecule has 11 heavy (non-hydrogen) atoms. The molecular weight excluding hydrogens is 132 g/mol. The van der Waals surface area contributed by atoms with Gasteiger partial charge in [-0.2, -0.15) is 0 Å². The van der Waals surface area contributed by atoms with Crippen LogP contribution >= 0.6 is 0 Å². The second-order valence-electron chi connectivity index (χ2n) is 5.43. The van der Waals surface area contributed by atoms with E-state index in [1.807, 2.05) is 0 Å². The molecule has 0 unspecified atom stereocenters. The van der Waals surface area contributed by atoms with Gasteiger partial charge in [0, 0.05) is 0 Å². The van der Waals surface area contributed by atoms with Crippen LogP contribution in [0.1, 0.15) is 45.4 Å². The average molecular weight is 150 g/mol. The standard InChI is InChI=1S/C11H18/c1-11-5-4-8-6-10(11)3-2-9(8)7-11/h8-10H,2-7H2,1H3/t8-,9-,10-,11-/m0/s1.